The van der Waals surface area contributed by atoms with Crippen LogP contribution in [-0.4, -0.2) is 60.5 Å². The van der Waals surface area contributed by atoms with Gasteiger partial charge in [0.1, 0.15) is 18.6 Å². The van der Waals surface area contributed by atoms with E-state index in [0.717, 1.165) is 0 Å². The van der Waals surface area contributed by atoms with E-state index in [1.165, 1.54) is 13.0 Å². The van der Waals surface area contributed by atoms with E-state index in [4.69, 9.17) is 10.5 Å². The summed E-state index contributed by atoms with van der Waals surface area (Å²) in [6, 6.07) is 1.19. The van der Waals surface area contributed by atoms with Crippen molar-refractivity contribution in [2.45, 2.75) is 37.0 Å². The summed E-state index contributed by atoms with van der Waals surface area (Å²) in [6.45, 7) is 0.0712. The highest BCUT2D eigenvalue weighted by Crippen LogP contribution is 2.43. The number of hydrogen-bond donors (Lipinski definition) is 5. The van der Waals surface area contributed by atoms with Gasteiger partial charge in [0, 0.05) is 5.69 Å². The van der Waals surface area contributed by atoms with Crippen molar-refractivity contribution in [1.82, 2.24) is 9.55 Å². The molecule has 1 aliphatic rings. The van der Waals surface area contributed by atoms with Crippen LogP contribution >= 0.6 is 0 Å². The molecule has 4 atom stereocenters. The van der Waals surface area contributed by atoms with E-state index in [1.807, 2.05) is 0 Å². The molecule has 0 aliphatic carbocycles. The maximum Gasteiger partial charge on any atom is 0.351 e. The molecule has 1 saturated heterocycles. The maximum absolute atomic E-state index is 15.2. The third kappa shape index (κ3) is 2.97. The number of aryl methyl sites for hydroxylation is 1. The summed E-state index contributed by atoms with van der Waals surface area (Å²) in [5.41, 5.74) is 1.23. The Kier molecular flexibility index (Phi) is 4.62. The standard InChI is InChI=1S/C13H15F2N3O6/c1-6-5-7(16)17-11(20)18(6)10-12(15,3-2-4-14)8(19)9(24-10)13(21,22)23/h5,8-10,19,21-23H,4H2,1H3,(H2,16,17,20)/t8-,9?,10?,12?/m0/s1. The summed E-state index contributed by atoms with van der Waals surface area (Å²) in [6.07, 6.45) is -6.74. The summed E-state index contributed by atoms with van der Waals surface area (Å²) in [5.74, 6) is -0.296. The molecule has 2 rings (SSSR count). The summed E-state index contributed by atoms with van der Waals surface area (Å²) < 4.78 is 33.1. The van der Waals surface area contributed by atoms with Gasteiger partial charge in [0.2, 0.25) is 5.67 Å². The van der Waals surface area contributed by atoms with Crippen molar-refractivity contribution in [3.05, 3.63) is 22.2 Å². The van der Waals surface area contributed by atoms with Crippen molar-refractivity contribution in [3.8, 4) is 11.8 Å². The lowest BCUT2D eigenvalue weighted by Gasteiger charge is -2.25. The first kappa shape index (κ1) is 18.2. The molecule has 1 fully saturated rings. The number of aliphatic hydroxyl groups is 4. The Morgan fingerprint density at radius 2 is 2.17 bits per heavy atom. The Labute approximate surface area is 133 Å². The van der Waals surface area contributed by atoms with E-state index in [9.17, 15) is 29.6 Å². The molecular weight excluding hydrogens is 332 g/mol. The number of ether oxygens (including phenoxy) is 1. The van der Waals surface area contributed by atoms with Crippen LogP contribution < -0.4 is 11.4 Å². The lowest BCUT2D eigenvalue weighted by molar-refractivity contribution is -0.368. The Bertz CT molecular complexity index is 753. The molecule has 2 heterocycles. The highest BCUT2D eigenvalue weighted by molar-refractivity contribution is 5.30. The largest absolute Gasteiger partial charge is 0.385 e. The van der Waals surface area contributed by atoms with E-state index in [2.05, 4.69) is 4.98 Å². The van der Waals surface area contributed by atoms with Gasteiger partial charge in [-0.2, -0.15) is 4.98 Å². The van der Waals surface area contributed by atoms with Gasteiger partial charge in [-0.3, -0.25) is 4.57 Å². The number of aromatic nitrogens is 2. The monoisotopic (exact) mass is 347 g/mol. The fourth-order valence-corrected chi connectivity index (χ4v) is 2.45. The van der Waals surface area contributed by atoms with Gasteiger partial charge in [0.05, 0.1) is 0 Å². The van der Waals surface area contributed by atoms with Crippen molar-refractivity contribution >= 4 is 5.82 Å². The van der Waals surface area contributed by atoms with Crippen LogP contribution in [0.25, 0.3) is 0 Å². The minimum atomic E-state index is -3.64. The zero-order valence-electron chi connectivity index (χ0n) is 12.3. The van der Waals surface area contributed by atoms with Crippen molar-refractivity contribution < 1.29 is 33.9 Å². The Balaban J connectivity index is 2.64. The molecule has 24 heavy (non-hydrogen) atoms. The first-order valence-corrected chi connectivity index (χ1v) is 6.63. The van der Waals surface area contributed by atoms with E-state index < -0.39 is 42.4 Å². The van der Waals surface area contributed by atoms with Crippen LogP contribution in [0.5, 0.6) is 0 Å². The number of alkyl halides is 2. The molecule has 0 amide bonds. The minimum absolute atomic E-state index is 0.0499. The molecule has 132 valence electrons. The van der Waals surface area contributed by atoms with Gasteiger partial charge in [-0.1, -0.05) is 11.8 Å². The molecule has 0 spiro atoms. The molecule has 0 radical (unpaired) electrons. The van der Waals surface area contributed by atoms with E-state index in [1.54, 1.807) is 11.8 Å². The van der Waals surface area contributed by atoms with Gasteiger partial charge in [-0.05, 0) is 13.0 Å². The zero-order valence-corrected chi connectivity index (χ0v) is 12.3. The first-order valence-electron chi connectivity index (χ1n) is 6.63. The first-order chi connectivity index (χ1) is 11.0. The number of nitrogens with zero attached hydrogens (tertiary/aromatic N) is 2. The van der Waals surface area contributed by atoms with E-state index in [-0.39, 0.29) is 11.5 Å². The van der Waals surface area contributed by atoms with Crippen molar-refractivity contribution in [3.63, 3.8) is 0 Å². The Hall–Kier alpha value is -2.10. The van der Waals surface area contributed by atoms with Crippen LogP contribution in [0.15, 0.2) is 10.9 Å². The van der Waals surface area contributed by atoms with Gasteiger partial charge in [0.25, 0.3) is 0 Å². The van der Waals surface area contributed by atoms with Gasteiger partial charge in [0.15, 0.2) is 12.3 Å². The normalized spacial score (nSPS) is 30.0. The smallest absolute Gasteiger partial charge is 0.351 e. The molecule has 1 aromatic rings. The number of nitrogen functional groups attached to an aromatic ring is 1. The second-order valence-corrected chi connectivity index (χ2v) is 5.22. The molecule has 1 aromatic heterocycles. The second-order valence-electron chi connectivity index (χ2n) is 5.22. The Morgan fingerprint density at radius 3 is 2.67 bits per heavy atom. The number of nitrogens with two attached hydrogens (primary N) is 1. The second kappa shape index (κ2) is 6.08. The molecule has 9 nitrogen and oxygen atoms in total. The lowest BCUT2D eigenvalue weighted by atomic mass is 9.95. The molecule has 1 aliphatic heterocycles. The average molecular weight is 347 g/mol. The SMILES string of the molecule is Cc1cc(N)nc(=O)n1C1OC(C(O)(O)O)[C@H](O)C1(F)C#CCF. The van der Waals surface area contributed by atoms with Gasteiger partial charge in [-0.25, -0.2) is 13.6 Å². The summed E-state index contributed by atoms with van der Waals surface area (Å²) in [5, 5.41) is 37.6. The molecule has 3 unspecified atom stereocenters. The zero-order chi connectivity index (χ0) is 18.3. The van der Waals surface area contributed by atoms with Gasteiger partial charge in [-0.15, -0.1) is 0 Å². The van der Waals surface area contributed by atoms with Crippen molar-refractivity contribution in [2.75, 3.05) is 12.4 Å². The van der Waals surface area contributed by atoms with Crippen LogP contribution in [0.1, 0.15) is 11.9 Å². The van der Waals surface area contributed by atoms with Crippen LogP contribution in [0, 0.1) is 18.8 Å². The molecule has 11 heteroatoms. The molecule has 0 saturated carbocycles. The number of hydrogen-bond acceptors (Lipinski definition) is 8. The summed E-state index contributed by atoms with van der Waals surface area (Å²) >= 11 is 0. The lowest BCUT2D eigenvalue weighted by Crippen LogP contribution is -2.51. The van der Waals surface area contributed by atoms with Crippen LogP contribution in [-0.2, 0) is 4.74 Å². The third-order valence-electron chi connectivity index (χ3n) is 3.48. The number of anilines is 1. The topological polar surface area (TPSA) is 151 Å². The molecule has 0 aromatic carbocycles. The number of halogens is 2. The van der Waals surface area contributed by atoms with Crippen LogP contribution in [0.4, 0.5) is 14.6 Å². The molecule has 6 N–H and O–H groups in total. The van der Waals surface area contributed by atoms with Crippen molar-refractivity contribution in [1.29, 1.82) is 0 Å². The minimum Gasteiger partial charge on any atom is -0.385 e. The maximum atomic E-state index is 15.2. The van der Waals surface area contributed by atoms with E-state index in [0.29, 0.717) is 4.57 Å². The highest BCUT2D eigenvalue weighted by atomic mass is 19.1. The fourth-order valence-electron chi connectivity index (χ4n) is 2.45. The molecular formula is C13H15F2N3O6. The van der Waals surface area contributed by atoms with Crippen LogP contribution in [0.2, 0.25) is 0 Å². The predicted octanol–water partition coefficient (Wildman–Crippen LogP) is -2.30. The van der Waals surface area contributed by atoms with Gasteiger partial charge >= 0.3 is 11.7 Å². The fraction of sp³-hybridized carbons (Fsp3) is 0.538. The Morgan fingerprint density at radius 1 is 1.54 bits per heavy atom. The quantitative estimate of drug-likeness (QED) is 0.296. The summed E-state index contributed by atoms with van der Waals surface area (Å²) in [7, 11) is 0. The van der Waals surface area contributed by atoms with E-state index >= 15 is 4.39 Å². The number of aliphatic hydroxyl groups excluding tert-OH is 1. The molecule has 0 bridgehead atoms. The van der Waals surface area contributed by atoms with Crippen molar-refractivity contribution in [2.24, 2.45) is 0 Å². The van der Waals surface area contributed by atoms with Gasteiger partial charge < -0.3 is 30.9 Å². The highest BCUT2D eigenvalue weighted by Gasteiger charge is 2.63. The average Bonchev–Trinajstić information content (AvgIpc) is 2.69. The third-order valence-corrected chi connectivity index (χ3v) is 3.48. The number of rotatable bonds is 2. The summed E-state index contributed by atoms with van der Waals surface area (Å²) in [4.78, 5) is 15.4. The predicted molar refractivity (Wildman–Crippen MR) is 74.5 cm³/mol. The van der Waals surface area contributed by atoms with Crippen LogP contribution in [0.3, 0.4) is 0 Å².